The molecule has 0 radical (unpaired) electrons. The SMILES string of the molecule is CCC[CH2][Sn]([CH2]CCC)([CH2]CCC)[c]1cc(OC)ccc1C[C@@H]1C(=O)O[C@@H](c2ccccc2)[C@@H](c2ccccc2)N1C(=O)OC(C)(C)C. The van der Waals surface area contributed by atoms with Crippen molar-refractivity contribution in [2.45, 2.75) is 124 Å². The van der Waals surface area contributed by atoms with Gasteiger partial charge in [0.1, 0.15) is 0 Å². The average molecular weight is 763 g/mol. The van der Waals surface area contributed by atoms with E-state index in [9.17, 15) is 9.59 Å². The zero-order valence-corrected chi connectivity index (χ0v) is 33.2. The molecule has 1 amide bonds. The van der Waals surface area contributed by atoms with E-state index in [0.717, 1.165) is 41.7 Å². The Labute approximate surface area is 293 Å². The minimum atomic E-state index is -3.04. The summed E-state index contributed by atoms with van der Waals surface area (Å²) in [7, 11) is 1.73. The predicted molar refractivity (Wildman–Crippen MR) is 198 cm³/mol. The van der Waals surface area contributed by atoms with E-state index in [4.69, 9.17) is 14.2 Å². The second kappa shape index (κ2) is 17.6. The summed E-state index contributed by atoms with van der Waals surface area (Å²) in [5, 5.41) is 0. The van der Waals surface area contributed by atoms with Gasteiger partial charge in [0.2, 0.25) is 0 Å². The van der Waals surface area contributed by atoms with Crippen LogP contribution in [0.25, 0.3) is 0 Å². The molecule has 0 aliphatic carbocycles. The van der Waals surface area contributed by atoms with E-state index in [-0.39, 0.29) is 0 Å². The molecule has 6 nitrogen and oxygen atoms in total. The molecule has 4 rings (SSSR count). The Balaban J connectivity index is 1.91. The van der Waals surface area contributed by atoms with Gasteiger partial charge < -0.3 is 0 Å². The number of carbonyl (C=O) groups excluding carboxylic acids is 2. The number of ether oxygens (including phenoxy) is 3. The molecule has 1 saturated heterocycles. The molecule has 0 saturated carbocycles. The summed E-state index contributed by atoms with van der Waals surface area (Å²) < 4.78 is 23.6. The van der Waals surface area contributed by atoms with E-state index in [1.165, 1.54) is 36.2 Å². The molecule has 3 aromatic carbocycles. The fourth-order valence-electron chi connectivity index (χ4n) is 7.22. The quantitative estimate of drug-likeness (QED) is 0.114. The third-order valence-corrected chi connectivity index (χ3v) is 25.5. The number of esters is 1. The number of cyclic esters (lactones) is 1. The molecular formula is C41H57NO5Sn. The Morgan fingerprint density at radius 2 is 1.35 bits per heavy atom. The van der Waals surface area contributed by atoms with Crippen LogP contribution in [-0.4, -0.2) is 54.1 Å². The zero-order valence-electron chi connectivity index (χ0n) is 30.3. The van der Waals surface area contributed by atoms with Crippen molar-refractivity contribution in [2.75, 3.05) is 7.11 Å². The van der Waals surface area contributed by atoms with Crippen molar-refractivity contribution < 1.29 is 23.8 Å². The zero-order chi connectivity index (χ0) is 34.7. The van der Waals surface area contributed by atoms with E-state index in [2.05, 4.69) is 32.9 Å². The van der Waals surface area contributed by atoms with Crippen molar-refractivity contribution in [3.8, 4) is 5.75 Å². The third kappa shape index (κ3) is 9.36. The first-order valence-electron chi connectivity index (χ1n) is 18.1. The summed E-state index contributed by atoms with van der Waals surface area (Å²) in [5.74, 6) is 0.459. The molecule has 0 unspecified atom stereocenters. The minimum absolute atomic E-state index is 0.366. The van der Waals surface area contributed by atoms with Crippen molar-refractivity contribution >= 4 is 34.0 Å². The van der Waals surface area contributed by atoms with Crippen LogP contribution in [0.1, 0.15) is 109 Å². The first kappa shape index (κ1) is 37.8. The summed E-state index contributed by atoms with van der Waals surface area (Å²) >= 11 is -3.04. The van der Waals surface area contributed by atoms with Crippen LogP contribution in [0.3, 0.4) is 0 Å². The van der Waals surface area contributed by atoms with Gasteiger partial charge in [-0.3, -0.25) is 0 Å². The molecule has 1 aliphatic heterocycles. The van der Waals surface area contributed by atoms with Gasteiger partial charge in [0, 0.05) is 0 Å². The van der Waals surface area contributed by atoms with Crippen LogP contribution in [0.5, 0.6) is 5.75 Å². The van der Waals surface area contributed by atoms with Gasteiger partial charge in [-0.15, -0.1) is 0 Å². The molecule has 0 bridgehead atoms. The first-order chi connectivity index (χ1) is 23.1. The second-order valence-electron chi connectivity index (χ2n) is 14.3. The Bertz CT molecular complexity index is 1430. The van der Waals surface area contributed by atoms with E-state index in [1.807, 2.05) is 87.5 Å². The van der Waals surface area contributed by atoms with Crippen LogP contribution < -0.4 is 8.32 Å². The van der Waals surface area contributed by atoms with Gasteiger partial charge in [0.15, 0.2) is 0 Å². The number of amides is 1. The molecule has 3 atom stereocenters. The van der Waals surface area contributed by atoms with Crippen LogP contribution in [-0.2, 0) is 20.7 Å². The number of benzene rings is 3. The Morgan fingerprint density at radius 1 is 0.812 bits per heavy atom. The number of nitrogens with zero attached hydrogens (tertiary/aromatic N) is 1. The Hall–Kier alpha value is -3.00. The van der Waals surface area contributed by atoms with Crippen LogP contribution in [0, 0.1) is 0 Å². The van der Waals surface area contributed by atoms with Gasteiger partial charge in [-0.2, -0.15) is 0 Å². The second-order valence-corrected chi connectivity index (χ2v) is 27.5. The summed E-state index contributed by atoms with van der Waals surface area (Å²) in [6.07, 6.45) is 6.31. The van der Waals surface area contributed by atoms with Crippen molar-refractivity contribution in [1.29, 1.82) is 0 Å². The van der Waals surface area contributed by atoms with Gasteiger partial charge in [-0.05, 0) is 0 Å². The molecule has 260 valence electrons. The first-order valence-corrected chi connectivity index (χ1v) is 25.5. The van der Waals surface area contributed by atoms with Gasteiger partial charge in [-0.1, -0.05) is 0 Å². The summed E-state index contributed by atoms with van der Waals surface area (Å²) in [5.41, 5.74) is 2.14. The van der Waals surface area contributed by atoms with Gasteiger partial charge >= 0.3 is 295 Å². The van der Waals surface area contributed by atoms with Crippen molar-refractivity contribution in [3.05, 3.63) is 95.6 Å². The van der Waals surface area contributed by atoms with Gasteiger partial charge in [-0.25, -0.2) is 0 Å². The van der Waals surface area contributed by atoms with Crippen molar-refractivity contribution in [1.82, 2.24) is 4.90 Å². The maximum absolute atomic E-state index is 14.4. The fourth-order valence-corrected chi connectivity index (χ4v) is 24.2. The average Bonchev–Trinajstić information content (AvgIpc) is 3.08. The van der Waals surface area contributed by atoms with Crippen LogP contribution in [0.15, 0.2) is 78.9 Å². The molecule has 1 heterocycles. The summed E-state index contributed by atoms with van der Waals surface area (Å²) in [6, 6.07) is 24.7. The third-order valence-electron chi connectivity index (χ3n) is 9.64. The number of carbonyl (C=O) groups is 2. The Kier molecular flexibility index (Phi) is 13.9. The van der Waals surface area contributed by atoms with Crippen LogP contribution in [0.4, 0.5) is 4.79 Å². The number of rotatable bonds is 15. The molecule has 1 fully saturated rings. The standard InChI is InChI=1S/C29H30NO5.3C4H9.Sn/c1-29(2,3)35-28(32)30-24(19-20-15-17-23(33-4)18-16-20)27(31)34-26(22-13-9-6-10-14-22)25(30)21-11-7-5-8-12-21;3*1-3-4-2;/h5-15,17-18,24-26H,19H2,1-4H3;3*1,3-4H2,2H3;/t24-,25-,26+;;;;/m1..../s1. The molecule has 1 aliphatic rings. The number of hydrogen-bond acceptors (Lipinski definition) is 5. The number of hydrogen-bond donors (Lipinski definition) is 0. The van der Waals surface area contributed by atoms with Gasteiger partial charge in [0.05, 0.1) is 0 Å². The van der Waals surface area contributed by atoms with E-state index >= 15 is 0 Å². The summed E-state index contributed by atoms with van der Waals surface area (Å²) in [6.45, 7) is 12.5. The number of methoxy groups -OCH3 is 1. The predicted octanol–water partition coefficient (Wildman–Crippen LogP) is 9.94. The molecule has 0 aromatic heterocycles. The molecule has 7 heteroatoms. The molecule has 48 heavy (non-hydrogen) atoms. The van der Waals surface area contributed by atoms with Crippen molar-refractivity contribution in [3.63, 3.8) is 0 Å². The van der Waals surface area contributed by atoms with Crippen molar-refractivity contribution in [2.24, 2.45) is 0 Å². The number of morpholine rings is 1. The fraction of sp³-hybridized carbons (Fsp3) is 0.512. The van der Waals surface area contributed by atoms with E-state index in [0.29, 0.717) is 6.42 Å². The Morgan fingerprint density at radius 3 is 1.85 bits per heavy atom. The van der Waals surface area contributed by atoms with Gasteiger partial charge in [0.25, 0.3) is 0 Å². The van der Waals surface area contributed by atoms with E-state index < -0.39 is 54.2 Å². The molecule has 3 aromatic rings. The number of unbranched alkanes of at least 4 members (excludes halogenated alkanes) is 3. The normalized spacial score (nSPS) is 18.4. The van der Waals surface area contributed by atoms with E-state index in [1.54, 1.807) is 12.0 Å². The molecule has 0 spiro atoms. The molecular weight excluding hydrogens is 705 g/mol. The summed E-state index contributed by atoms with van der Waals surface area (Å²) in [4.78, 5) is 30.5. The van der Waals surface area contributed by atoms with Crippen LogP contribution >= 0.6 is 0 Å². The molecule has 0 N–H and O–H groups in total. The topological polar surface area (TPSA) is 65.1 Å². The maximum atomic E-state index is 14.4. The van der Waals surface area contributed by atoms with Crippen LogP contribution in [0.2, 0.25) is 13.3 Å². The monoisotopic (exact) mass is 763 g/mol.